The van der Waals surface area contributed by atoms with Crippen LogP contribution in [-0.2, 0) is 4.79 Å². The molecule has 0 spiro atoms. The van der Waals surface area contributed by atoms with Gasteiger partial charge in [0.2, 0.25) is 5.91 Å². The van der Waals surface area contributed by atoms with Crippen molar-refractivity contribution in [3.8, 4) is 0 Å². The number of thioether (sulfide) groups is 1. The van der Waals surface area contributed by atoms with Crippen molar-refractivity contribution in [1.29, 1.82) is 0 Å². The third-order valence-electron chi connectivity index (χ3n) is 4.66. The van der Waals surface area contributed by atoms with E-state index >= 15 is 0 Å². The van der Waals surface area contributed by atoms with Crippen LogP contribution in [0.3, 0.4) is 0 Å². The Hall–Kier alpha value is -1.69. The zero-order chi connectivity index (χ0) is 16.2. The van der Waals surface area contributed by atoms with E-state index in [0.29, 0.717) is 18.9 Å². The number of carbonyl (C=O) groups excluding carboxylic acids is 1. The van der Waals surface area contributed by atoms with Crippen LogP contribution in [0.5, 0.6) is 0 Å². The van der Waals surface area contributed by atoms with Gasteiger partial charge in [-0.3, -0.25) is 9.79 Å². The van der Waals surface area contributed by atoms with Crippen molar-refractivity contribution in [2.24, 2.45) is 16.6 Å². The molecule has 2 fully saturated rings. The zero-order valence-electron chi connectivity index (χ0n) is 13.5. The first kappa shape index (κ1) is 16.2. The Morgan fingerprint density at radius 1 is 1.30 bits per heavy atom. The average Bonchev–Trinajstić information content (AvgIpc) is 2.88. The number of guanidine groups is 1. The summed E-state index contributed by atoms with van der Waals surface area (Å²) in [6, 6.07) is 10.3. The smallest absolute Gasteiger partial charge is 0.223 e. The predicted octanol–water partition coefficient (Wildman–Crippen LogP) is 1.57. The summed E-state index contributed by atoms with van der Waals surface area (Å²) in [7, 11) is 1.88. The van der Waals surface area contributed by atoms with Crippen molar-refractivity contribution in [2.45, 2.75) is 12.5 Å². The highest BCUT2D eigenvalue weighted by atomic mass is 32.2. The molecule has 1 aromatic rings. The molecule has 0 saturated carbocycles. The second-order valence-electron chi connectivity index (χ2n) is 6.12. The number of nitrogens with zero attached hydrogens (tertiary/aromatic N) is 3. The number of hydrogen-bond donors (Lipinski definition) is 1. The van der Waals surface area contributed by atoms with Gasteiger partial charge in [-0.05, 0) is 5.56 Å². The summed E-state index contributed by atoms with van der Waals surface area (Å²) in [5, 5.41) is 0. The van der Waals surface area contributed by atoms with Gasteiger partial charge in [0.25, 0.3) is 0 Å². The highest BCUT2D eigenvalue weighted by molar-refractivity contribution is 7.99. The highest BCUT2D eigenvalue weighted by Crippen LogP contribution is 2.36. The molecule has 1 amide bonds. The van der Waals surface area contributed by atoms with Gasteiger partial charge in [0, 0.05) is 50.5 Å². The van der Waals surface area contributed by atoms with Crippen molar-refractivity contribution < 1.29 is 4.79 Å². The monoisotopic (exact) mass is 332 g/mol. The van der Waals surface area contributed by atoms with E-state index in [1.807, 2.05) is 41.9 Å². The Labute approximate surface area is 141 Å². The number of likely N-dealkylation sites (tertiary alicyclic amines) is 1. The molecule has 0 unspecified atom stereocenters. The largest absolute Gasteiger partial charge is 0.370 e. The van der Waals surface area contributed by atoms with Crippen LogP contribution in [0.4, 0.5) is 0 Å². The minimum Gasteiger partial charge on any atom is -0.370 e. The summed E-state index contributed by atoms with van der Waals surface area (Å²) in [5.41, 5.74) is 7.32. The molecule has 0 bridgehead atoms. The zero-order valence-corrected chi connectivity index (χ0v) is 14.3. The normalized spacial score (nSPS) is 26.0. The number of aliphatic imine (C=N–C) groups is 1. The van der Waals surface area contributed by atoms with Gasteiger partial charge < -0.3 is 15.5 Å². The Morgan fingerprint density at radius 3 is 2.70 bits per heavy atom. The van der Waals surface area contributed by atoms with Crippen LogP contribution >= 0.6 is 11.8 Å². The van der Waals surface area contributed by atoms with Gasteiger partial charge in [-0.2, -0.15) is 11.8 Å². The van der Waals surface area contributed by atoms with Gasteiger partial charge in [-0.15, -0.1) is 0 Å². The van der Waals surface area contributed by atoms with Crippen LogP contribution < -0.4 is 5.73 Å². The molecule has 0 radical (unpaired) electrons. The average molecular weight is 332 g/mol. The fourth-order valence-electron chi connectivity index (χ4n) is 3.36. The number of carbonyl (C=O) groups is 1. The molecule has 2 aliphatic rings. The van der Waals surface area contributed by atoms with Crippen molar-refractivity contribution >= 4 is 23.6 Å². The van der Waals surface area contributed by atoms with E-state index in [4.69, 9.17) is 5.73 Å². The number of hydrogen-bond acceptors (Lipinski definition) is 3. The molecular formula is C17H24N4OS. The topological polar surface area (TPSA) is 61.9 Å². The lowest BCUT2D eigenvalue weighted by Crippen LogP contribution is -2.43. The Morgan fingerprint density at radius 2 is 2.00 bits per heavy atom. The van der Waals surface area contributed by atoms with Crippen LogP contribution in [0, 0.1) is 5.92 Å². The number of rotatable bonds is 3. The third kappa shape index (κ3) is 3.63. The summed E-state index contributed by atoms with van der Waals surface area (Å²) < 4.78 is 0. The summed E-state index contributed by atoms with van der Waals surface area (Å²) in [5.74, 6) is 3.21. The van der Waals surface area contributed by atoms with E-state index in [9.17, 15) is 4.79 Å². The second-order valence-corrected chi connectivity index (χ2v) is 7.35. The van der Waals surface area contributed by atoms with Crippen LogP contribution in [-0.4, -0.2) is 59.9 Å². The van der Waals surface area contributed by atoms with Crippen molar-refractivity contribution in [1.82, 2.24) is 9.80 Å². The van der Waals surface area contributed by atoms with Crippen molar-refractivity contribution in [2.75, 3.05) is 38.2 Å². The van der Waals surface area contributed by atoms with E-state index in [2.05, 4.69) is 22.0 Å². The summed E-state index contributed by atoms with van der Waals surface area (Å²) in [6.45, 7) is 2.53. The molecule has 0 aliphatic carbocycles. The van der Waals surface area contributed by atoms with E-state index in [1.54, 1.807) is 0 Å². The quantitative estimate of drug-likeness (QED) is 0.674. The molecule has 2 atom stereocenters. The first-order valence-electron chi connectivity index (χ1n) is 8.10. The molecule has 23 heavy (non-hydrogen) atoms. The number of nitrogens with two attached hydrogens (primary N) is 1. The standard InChI is InChI=1S/C17H24N4OS/c1-20-15(22)11-14(16(20)13-5-3-2-4-6-13)12-19-17(18)21-7-9-23-10-8-21/h2-6,14,16H,7-12H2,1H3,(H2,18,19)/t14-,16-/m0/s1. The Bertz CT molecular complexity index is 571. The van der Waals surface area contributed by atoms with Gasteiger partial charge in [0.1, 0.15) is 0 Å². The molecule has 3 rings (SSSR count). The lowest BCUT2D eigenvalue weighted by Gasteiger charge is -2.28. The molecule has 2 saturated heterocycles. The Balaban J connectivity index is 1.71. The highest BCUT2D eigenvalue weighted by Gasteiger charge is 2.38. The lowest BCUT2D eigenvalue weighted by molar-refractivity contribution is -0.127. The van der Waals surface area contributed by atoms with Gasteiger partial charge in [0.05, 0.1) is 6.04 Å². The first-order valence-corrected chi connectivity index (χ1v) is 9.25. The lowest BCUT2D eigenvalue weighted by atomic mass is 9.94. The molecule has 0 aromatic heterocycles. The van der Waals surface area contributed by atoms with Crippen molar-refractivity contribution in [3.63, 3.8) is 0 Å². The predicted molar refractivity (Wildman–Crippen MR) is 95.4 cm³/mol. The first-order chi connectivity index (χ1) is 11.2. The fraction of sp³-hybridized carbons (Fsp3) is 0.529. The van der Waals surface area contributed by atoms with Gasteiger partial charge in [0.15, 0.2) is 5.96 Å². The van der Waals surface area contributed by atoms with Crippen LogP contribution in [0.25, 0.3) is 0 Å². The Kier molecular flexibility index (Phi) is 5.10. The molecule has 2 heterocycles. The van der Waals surface area contributed by atoms with E-state index in [1.165, 1.54) is 5.56 Å². The van der Waals surface area contributed by atoms with Gasteiger partial charge in [-0.1, -0.05) is 30.3 Å². The maximum Gasteiger partial charge on any atom is 0.223 e. The number of benzene rings is 1. The molecule has 1 aromatic carbocycles. The third-order valence-corrected chi connectivity index (χ3v) is 5.60. The van der Waals surface area contributed by atoms with E-state index < -0.39 is 0 Å². The summed E-state index contributed by atoms with van der Waals surface area (Å²) in [4.78, 5) is 20.8. The SMILES string of the molecule is CN1C(=O)C[C@@H](CN=C(N)N2CCSCC2)[C@@H]1c1ccccc1. The fourth-order valence-corrected chi connectivity index (χ4v) is 4.27. The molecule has 2 N–H and O–H groups in total. The molecule has 124 valence electrons. The number of amides is 1. The van der Waals surface area contributed by atoms with Crippen LogP contribution in [0.2, 0.25) is 0 Å². The second kappa shape index (κ2) is 7.25. The molecule has 2 aliphatic heterocycles. The summed E-state index contributed by atoms with van der Waals surface area (Å²) in [6.07, 6.45) is 0.544. The summed E-state index contributed by atoms with van der Waals surface area (Å²) >= 11 is 1.95. The molecule has 6 heteroatoms. The minimum atomic E-state index is 0.0946. The minimum absolute atomic E-state index is 0.0946. The van der Waals surface area contributed by atoms with Crippen LogP contribution in [0.1, 0.15) is 18.0 Å². The molecular weight excluding hydrogens is 308 g/mol. The van der Waals surface area contributed by atoms with E-state index in [-0.39, 0.29) is 17.9 Å². The van der Waals surface area contributed by atoms with Crippen molar-refractivity contribution in [3.05, 3.63) is 35.9 Å². The van der Waals surface area contributed by atoms with Gasteiger partial charge in [-0.25, -0.2) is 0 Å². The van der Waals surface area contributed by atoms with Crippen LogP contribution in [0.15, 0.2) is 35.3 Å². The molecule has 5 nitrogen and oxygen atoms in total. The maximum absolute atomic E-state index is 12.1. The maximum atomic E-state index is 12.1. The van der Waals surface area contributed by atoms with E-state index in [0.717, 1.165) is 24.6 Å². The van der Waals surface area contributed by atoms with Gasteiger partial charge >= 0.3 is 0 Å².